The molecule has 0 heterocycles. The number of aliphatic hydroxyl groups excluding tert-OH is 2. The molecule has 0 aliphatic rings. The second kappa shape index (κ2) is 9.30. The van der Waals surface area contributed by atoms with E-state index in [2.05, 4.69) is 15.9 Å². The van der Waals surface area contributed by atoms with E-state index in [1.807, 2.05) is 55.5 Å². The number of aliphatic hydroxyl groups is 2. The minimum absolute atomic E-state index is 0.115. The lowest BCUT2D eigenvalue weighted by Gasteiger charge is -2.25. The predicted octanol–water partition coefficient (Wildman–Crippen LogP) is 3.34. The number of hydrogen-bond donors (Lipinski definition) is 3. The maximum atomic E-state index is 10.3. The van der Waals surface area contributed by atoms with Crippen LogP contribution in [-0.2, 0) is 12.8 Å². The van der Waals surface area contributed by atoms with E-state index in [0.717, 1.165) is 21.2 Å². The van der Waals surface area contributed by atoms with E-state index in [9.17, 15) is 10.3 Å². The van der Waals surface area contributed by atoms with E-state index >= 15 is 0 Å². The number of rotatable bonds is 8. The molecule has 0 fully saturated rings. The summed E-state index contributed by atoms with van der Waals surface area (Å²) in [6.45, 7) is 2.23. The minimum atomic E-state index is -0.748. The summed E-state index contributed by atoms with van der Waals surface area (Å²) in [6.07, 6.45) is 0.587. The molecule has 5 heteroatoms. The fraction of sp³-hybridized carbons (Fsp3) is 0.368. The third-order valence-corrected chi connectivity index (χ3v) is 4.55. The highest BCUT2D eigenvalue weighted by atomic mass is 79.9. The monoisotopic (exact) mass is 393 g/mol. The maximum Gasteiger partial charge on any atom is 0.0940 e. The Hall–Kier alpha value is -1.24. The summed E-state index contributed by atoms with van der Waals surface area (Å²) in [5.74, 6) is 0. The number of benzene rings is 2. The van der Waals surface area contributed by atoms with Gasteiger partial charge in [-0.05, 0) is 48.6 Å². The van der Waals surface area contributed by atoms with Crippen molar-refractivity contribution < 1.29 is 15.4 Å². The number of hydroxylamine groups is 2. The summed E-state index contributed by atoms with van der Waals surface area (Å²) >= 11 is 3.38. The SMILES string of the molecule is CC(Cc1ccc(CCO)cc1)N(O)CC(O)c1cccc(Br)c1. The van der Waals surface area contributed by atoms with Gasteiger partial charge in [-0.1, -0.05) is 52.3 Å². The number of nitrogens with zero attached hydrogens (tertiary/aromatic N) is 1. The van der Waals surface area contributed by atoms with Crippen LogP contribution in [0.25, 0.3) is 0 Å². The first kappa shape index (κ1) is 19.1. The average Bonchev–Trinajstić information content (AvgIpc) is 2.56. The Balaban J connectivity index is 1.90. The van der Waals surface area contributed by atoms with Crippen molar-refractivity contribution in [2.24, 2.45) is 0 Å². The van der Waals surface area contributed by atoms with Gasteiger partial charge in [0.15, 0.2) is 0 Å². The molecule has 0 saturated heterocycles. The molecule has 0 aliphatic heterocycles. The molecule has 0 spiro atoms. The molecule has 2 aromatic carbocycles. The first-order chi connectivity index (χ1) is 11.5. The van der Waals surface area contributed by atoms with Crippen LogP contribution in [0.2, 0.25) is 0 Å². The van der Waals surface area contributed by atoms with E-state index < -0.39 is 6.10 Å². The van der Waals surface area contributed by atoms with Gasteiger partial charge in [0.25, 0.3) is 0 Å². The zero-order valence-corrected chi connectivity index (χ0v) is 15.4. The molecule has 0 saturated carbocycles. The summed E-state index contributed by atoms with van der Waals surface area (Å²) in [7, 11) is 0. The molecule has 0 amide bonds. The molecule has 4 nitrogen and oxygen atoms in total. The van der Waals surface area contributed by atoms with Gasteiger partial charge in [-0.3, -0.25) is 0 Å². The standard InChI is InChI=1S/C19H24BrNO3/c1-14(11-16-7-5-15(6-8-16)9-10-22)21(24)13-19(23)17-3-2-4-18(20)12-17/h2-8,12,14,19,22-24H,9-11,13H2,1H3. The van der Waals surface area contributed by atoms with Crippen LogP contribution in [0.1, 0.15) is 29.7 Å². The summed E-state index contributed by atoms with van der Waals surface area (Å²) in [5.41, 5.74) is 2.98. The van der Waals surface area contributed by atoms with Gasteiger partial charge in [0.05, 0.1) is 12.6 Å². The van der Waals surface area contributed by atoms with E-state index in [0.29, 0.717) is 12.8 Å². The quantitative estimate of drug-likeness (QED) is 0.601. The van der Waals surface area contributed by atoms with Gasteiger partial charge in [-0.2, -0.15) is 5.06 Å². The van der Waals surface area contributed by atoms with E-state index in [-0.39, 0.29) is 19.2 Å². The van der Waals surface area contributed by atoms with Crippen LogP contribution in [0, 0.1) is 0 Å². The molecule has 2 atom stereocenters. The third-order valence-electron chi connectivity index (χ3n) is 4.06. The average molecular weight is 394 g/mol. The highest BCUT2D eigenvalue weighted by molar-refractivity contribution is 9.10. The Labute approximate surface area is 151 Å². The van der Waals surface area contributed by atoms with Crippen molar-refractivity contribution in [3.8, 4) is 0 Å². The van der Waals surface area contributed by atoms with Crippen LogP contribution >= 0.6 is 15.9 Å². The first-order valence-corrected chi connectivity index (χ1v) is 8.86. The fourth-order valence-electron chi connectivity index (χ4n) is 2.59. The van der Waals surface area contributed by atoms with Crippen molar-refractivity contribution in [1.82, 2.24) is 5.06 Å². The van der Waals surface area contributed by atoms with Gasteiger partial charge >= 0.3 is 0 Å². The molecule has 2 unspecified atom stereocenters. The summed E-state index contributed by atoms with van der Waals surface area (Å²) in [6, 6.07) is 15.4. The van der Waals surface area contributed by atoms with Gasteiger partial charge in [-0.15, -0.1) is 0 Å². The van der Waals surface area contributed by atoms with Gasteiger partial charge in [0, 0.05) is 17.1 Å². The smallest absolute Gasteiger partial charge is 0.0940 e. The van der Waals surface area contributed by atoms with Crippen molar-refractivity contribution in [2.45, 2.75) is 31.9 Å². The Morgan fingerprint density at radius 2 is 1.75 bits per heavy atom. The topological polar surface area (TPSA) is 63.9 Å². The van der Waals surface area contributed by atoms with Crippen molar-refractivity contribution in [2.75, 3.05) is 13.2 Å². The number of halogens is 1. The van der Waals surface area contributed by atoms with Crippen molar-refractivity contribution in [1.29, 1.82) is 0 Å². The van der Waals surface area contributed by atoms with Gasteiger partial charge in [-0.25, -0.2) is 0 Å². The summed E-state index contributed by atoms with van der Waals surface area (Å²) < 4.78 is 0.902. The third kappa shape index (κ3) is 5.69. The maximum absolute atomic E-state index is 10.3. The Morgan fingerprint density at radius 1 is 1.08 bits per heavy atom. The molecule has 24 heavy (non-hydrogen) atoms. The van der Waals surface area contributed by atoms with Gasteiger partial charge in [0.1, 0.15) is 0 Å². The lowest BCUT2D eigenvalue weighted by molar-refractivity contribution is -0.141. The molecular formula is C19H24BrNO3. The summed E-state index contributed by atoms with van der Waals surface area (Å²) in [4.78, 5) is 0. The lowest BCUT2D eigenvalue weighted by Crippen LogP contribution is -2.35. The molecule has 0 aromatic heterocycles. The Bertz CT molecular complexity index is 633. The lowest BCUT2D eigenvalue weighted by atomic mass is 10.0. The van der Waals surface area contributed by atoms with Crippen LogP contribution in [0.15, 0.2) is 53.0 Å². The molecule has 130 valence electrons. The second-order valence-electron chi connectivity index (χ2n) is 6.04. The normalized spacial score (nSPS) is 13.9. The first-order valence-electron chi connectivity index (χ1n) is 8.07. The van der Waals surface area contributed by atoms with Crippen molar-refractivity contribution in [3.05, 3.63) is 69.7 Å². The molecule has 2 aromatic rings. The van der Waals surface area contributed by atoms with E-state index in [1.54, 1.807) is 0 Å². The van der Waals surface area contributed by atoms with Crippen LogP contribution < -0.4 is 0 Å². The van der Waals surface area contributed by atoms with Gasteiger partial charge in [0.2, 0.25) is 0 Å². The van der Waals surface area contributed by atoms with Crippen LogP contribution in [0.5, 0.6) is 0 Å². The van der Waals surface area contributed by atoms with Crippen molar-refractivity contribution >= 4 is 15.9 Å². The minimum Gasteiger partial charge on any atom is -0.396 e. The highest BCUT2D eigenvalue weighted by Crippen LogP contribution is 2.20. The molecule has 0 radical (unpaired) electrons. The largest absolute Gasteiger partial charge is 0.396 e. The fourth-order valence-corrected chi connectivity index (χ4v) is 3.01. The second-order valence-corrected chi connectivity index (χ2v) is 6.95. The molecule has 0 bridgehead atoms. The molecule has 0 aliphatic carbocycles. The summed E-state index contributed by atoms with van der Waals surface area (Å²) in [5, 5.41) is 30.7. The molecular weight excluding hydrogens is 370 g/mol. The van der Waals surface area contributed by atoms with Crippen LogP contribution in [0.4, 0.5) is 0 Å². The van der Waals surface area contributed by atoms with E-state index in [4.69, 9.17) is 5.11 Å². The van der Waals surface area contributed by atoms with Gasteiger partial charge < -0.3 is 15.4 Å². The zero-order chi connectivity index (χ0) is 17.5. The Kier molecular flexibility index (Phi) is 7.40. The Morgan fingerprint density at radius 3 is 2.38 bits per heavy atom. The van der Waals surface area contributed by atoms with Crippen LogP contribution in [0.3, 0.4) is 0 Å². The molecule has 2 rings (SSSR count). The van der Waals surface area contributed by atoms with E-state index in [1.165, 1.54) is 5.06 Å². The van der Waals surface area contributed by atoms with Crippen LogP contribution in [-0.4, -0.2) is 39.7 Å². The highest BCUT2D eigenvalue weighted by Gasteiger charge is 2.17. The molecule has 3 N–H and O–H groups in total. The zero-order valence-electron chi connectivity index (χ0n) is 13.8. The number of hydrogen-bond acceptors (Lipinski definition) is 4. The predicted molar refractivity (Wildman–Crippen MR) is 98.0 cm³/mol. The van der Waals surface area contributed by atoms with Crippen molar-refractivity contribution in [3.63, 3.8) is 0 Å².